The molecule has 2 heterocycles. The second kappa shape index (κ2) is 7.94. The Balaban J connectivity index is 1.45. The van der Waals surface area contributed by atoms with Crippen LogP contribution in [0.3, 0.4) is 0 Å². The molecular weight excluding hydrogens is 384 g/mol. The maximum Gasteiger partial charge on any atom is 0.248 e. The molecule has 0 fully saturated rings. The number of aryl methyl sites for hydroxylation is 1. The van der Waals surface area contributed by atoms with Crippen LogP contribution in [0.1, 0.15) is 37.7 Å². The first-order valence-corrected chi connectivity index (χ1v) is 9.53. The van der Waals surface area contributed by atoms with E-state index >= 15 is 0 Å². The van der Waals surface area contributed by atoms with E-state index < -0.39 is 5.91 Å². The molecule has 1 aliphatic heterocycles. The van der Waals surface area contributed by atoms with Crippen LogP contribution in [0.25, 0.3) is 0 Å². The normalized spacial score (nSPS) is 12.1. The van der Waals surface area contributed by atoms with Crippen molar-refractivity contribution >= 4 is 11.7 Å². The minimum atomic E-state index is -0.507. The van der Waals surface area contributed by atoms with Crippen molar-refractivity contribution in [2.24, 2.45) is 5.73 Å². The average Bonchev–Trinajstić information content (AvgIpc) is 3.31. The van der Waals surface area contributed by atoms with Crippen molar-refractivity contribution in [3.63, 3.8) is 0 Å². The molecule has 0 unspecified atom stereocenters. The SMILES string of the molecule is Cc1cc(C(=O)COc2ccc(C(N)=O)cc2)c(C)n1Cc1ccc2c(c1)OCO2. The fourth-order valence-corrected chi connectivity index (χ4v) is 3.49. The highest BCUT2D eigenvalue weighted by molar-refractivity contribution is 5.98. The maximum absolute atomic E-state index is 12.7. The number of hydrogen-bond donors (Lipinski definition) is 1. The van der Waals surface area contributed by atoms with Gasteiger partial charge in [0.1, 0.15) is 5.75 Å². The molecule has 7 nitrogen and oxygen atoms in total. The number of ether oxygens (including phenoxy) is 3. The number of primary amides is 1. The predicted molar refractivity (Wildman–Crippen MR) is 110 cm³/mol. The molecule has 0 aliphatic carbocycles. The van der Waals surface area contributed by atoms with Crippen molar-refractivity contribution in [1.82, 2.24) is 4.57 Å². The van der Waals surface area contributed by atoms with Gasteiger partial charge in [-0.2, -0.15) is 0 Å². The number of amides is 1. The van der Waals surface area contributed by atoms with E-state index in [1.165, 1.54) is 0 Å². The van der Waals surface area contributed by atoms with Gasteiger partial charge in [-0.15, -0.1) is 0 Å². The van der Waals surface area contributed by atoms with E-state index in [1.807, 2.05) is 38.1 Å². The van der Waals surface area contributed by atoms with E-state index in [1.54, 1.807) is 24.3 Å². The molecule has 1 aliphatic rings. The first-order valence-electron chi connectivity index (χ1n) is 9.53. The number of carbonyl (C=O) groups excluding carboxylic acids is 2. The Bertz CT molecular complexity index is 1120. The quantitative estimate of drug-likeness (QED) is 0.608. The van der Waals surface area contributed by atoms with Crippen molar-refractivity contribution < 1.29 is 23.8 Å². The van der Waals surface area contributed by atoms with Gasteiger partial charge in [0, 0.05) is 29.1 Å². The van der Waals surface area contributed by atoms with E-state index in [0.717, 1.165) is 28.5 Å². The number of ketones is 1. The largest absolute Gasteiger partial charge is 0.485 e. The number of benzene rings is 2. The smallest absolute Gasteiger partial charge is 0.248 e. The number of nitrogens with zero attached hydrogens (tertiary/aromatic N) is 1. The molecule has 0 atom stereocenters. The van der Waals surface area contributed by atoms with Crippen molar-refractivity contribution in [2.45, 2.75) is 20.4 Å². The van der Waals surface area contributed by atoms with Crippen molar-refractivity contribution in [1.29, 1.82) is 0 Å². The summed E-state index contributed by atoms with van der Waals surface area (Å²) >= 11 is 0. The minimum Gasteiger partial charge on any atom is -0.485 e. The zero-order valence-corrected chi connectivity index (χ0v) is 16.8. The summed E-state index contributed by atoms with van der Waals surface area (Å²) in [5, 5.41) is 0. The molecule has 0 bridgehead atoms. The second-order valence-electron chi connectivity index (χ2n) is 7.16. The number of rotatable bonds is 7. The Morgan fingerprint density at radius 1 is 1.03 bits per heavy atom. The molecule has 2 N–H and O–H groups in total. The van der Waals surface area contributed by atoms with E-state index in [0.29, 0.717) is 23.4 Å². The fraction of sp³-hybridized carbons (Fsp3) is 0.217. The number of aromatic nitrogens is 1. The summed E-state index contributed by atoms with van der Waals surface area (Å²) in [6, 6.07) is 14.1. The van der Waals surface area contributed by atoms with Gasteiger partial charge in [0.2, 0.25) is 18.5 Å². The summed E-state index contributed by atoms with van der Waals surface area (Å²) in [5.74, 6) is 1.37. The summed E-state index contributed by atoms with van der Waals surface area (Å²) in [6.07, 6.45) is 0. The highest BCUT2D eigenvalue weighted by Gasteiger charge is 2.18. The summed E-state index contributed by atoms with van der Waals surface area (Å²) in [6.45, 7) is 4.67. The molecule has 30 heavy (non-hydrogen) atoms. The zero-order chi connectivity index (χ0) is 21.3. The van der Waals surface area contributed by atoms with Crippen LogP contribution in [0.4, 0.5) is 0 Å². The van der Waals surface area contributed by atoms with E-state index in [9.17, 15) is 9.59 Å². The highest BCUT2D eigenvalue weighted by Crippen LogP contribution is 2.33. The maximum atomic E-state index is 12.7. The third kappa shape index (κ3) is 3.87. The molecule has 0 saturated heterocycles. The van der Waals surface area contributed by atoms with Crippen molar-refractivity contribution in [3.05, 3.63) is 76.6 Å². The molecule has 3 aromatic rings. The van der Waals surface area contributed by atoms with E-state index in [4.69, 9.17) is 19.9 Å². The van der Waals surface area contributed by atoms with Crippen molar-refractivity contribution in [3.8, 4) is 17.2 Å². The van der Waals surface area contributed by atoms with Crippen LogP contribution in [-0.2, 0) is 6.54 Å². The molecule has 1 amide bonds. The van der Waals surface area contributed by atoms with Gasteiger partial charge in [-0.1, -0.05) is 6.07 Å². The summed E-state index contributed by atoms with van der Waals surface area (Å²) in [5.41, 5.74) is 9.17. The predicted octanol–water partition coefficient (Wildman–Crippen LogP) is 3.24. The van der Waals surface area contributed by atoms with Crippen LogP contribution in [-0.4, -0.2) is 29.7 Å². The summed E-state index contributed by atoms with van der Waals surface area (Å²) in [4.78, 5) is 23.9. The van der Waals surface area contributed by atoms with Crippen LogP contribution in [0, 0.1) is 13.8 Å². The summed E-state index contributed by atoms with van der Waals surface area (Å²) in [7, 11) is 0. The van der Waals surface area contributed by atoms with Crippen LogP contribution in [0.5, 0.6) is 17.2 Å². The Morgan fingerprint density at radius 3 is 2.50 bits per heavy atom. The van der Waals surface area contributed by atoms with Gasteiger partial charge in [0.05, 0.1) is 0 Å². The first kappa shape index (κ1) is 19.6. The monoisotopic (exact) mass is 406 g/mol. The Hall–Kier alpha value is -3.74. The topological polar surface area (TPSA) is 92.8 Å². The average molecular weight is 406 g/mol. The molecule has 154 valence electrons. The molecule has 0 radical (unpaired) electrons. The second-order valence-corrected chi connectivity index (χ2v) is 7.16. The van der Waals surface area contributed by atoms with Gasteiger partial charge in [-0.25, -0.2) is 0 Å². The van der Waals surface area contributed by atoms with E-state index in [2.05, 4.69) is 4.57 Å². The number of Topliss-reactive ketones (excluding diaryl/α,β-unsaturated/α-hetero) is 1. The lowest BCUT2D eigenvalue weighted by atomic mass is 10.1. The molecule has 2 aromatic carbocycles. The van der Waals surface area contributed by atoms with Gasteiger partial charge in [0.25, 0.3) is 0 Å². The third-order valence-electron chi connectivity index (χ3n) is 5.16. The number of nitrogens with two attached hydrogens (primary N) is 1. The molecule has 0 saturated carbocycles. The van der Waals surface area contributed by atoms with Crippen LogP contribution >= 0.6 is 0 Å². The minimum absolute atomic E-state index is 0.0930. The zero-order valence-electron chi connectivity index (χ0n) is 16.8. The van der Waals surface area contributed by atoms with Crippen LogP contribution in [0.2, 0.25) is 0 Å². The Morgan fingerprint density at radius 2 is 1.77 bits per heavy atom. The Kier molecular flexibility index (Phi) is 5.18. The molecule has 7 heteroatoms. The first-order chi connectivity index (χ1) is 14.4. The van der Waals surface area contributed by atoms with Gasteiger partial charge >= 0.3 is 0 Å². The van der Waals surface area contributed by atoms with E-state index in [-0.39, 0.29) is 19.2 Å². The lowest BCUT2D eigenvalue weighted by Gasteiger charge is -2.11. The molecule has 1 aromatic heterocycles. The Labute approximate surface area is 174 Å². The summed E-state index contributed by atoms with van der Waals surface area (Å²) < 4.78 is 18.5. The third-order valence-corrected chi connectivity index (χ3v) is 5.16. The number of hydrogen-bond acceptors (Lipinski definition) is 5. The van der Waals surface area contributed by atoms with Gasteiger partial charge in [0.15, 0.2) is 18.1 Å². The van der Waals surface area contributed by atoms with Crippen molar-refractivity contribution in [2.75, 3.05) is 13.4 Å². The van der Waals surface area contributed by atoms with Crippen LogP contribution < -0.4 is 19.9 Å². The lowest BCUT2D eigenvalue weighted by molar-refractivity contribution is 0.0919. The van der Waals surface area contributed by atoms with Gasteiger partial charge < -0.3 is 24.5 Å². The standard InChI is InChI=1S/C23H22N2O5/c1-14-9-19(20(26)12-28-18-6-4-17(5-7-18)23(24)27)15(2)25(14)11-16-3-8-21-22(10-16)30-13-29-21/h3-10H,11-13H2,1-2H3,(H2,24,27). The lowest BCUT2D eigenvalue weighted by Crippen LogP contribution is -2.14. The number of carbonyl (C=O) groups is 2. The molecule has 4 rings (SSSR count). The molecular formula is C23H22N2O5. The molecule has 0 spiro atoms. The highest BCUT2D eigenvalue weighted by atomic mass is 16.7. The van der Waals surface area contributed by atoms with Gasteiger partial charge in [-0.3, -0.25) is 9.59 Å². The fourth-order valence-electron chi connectivity index (χ4n) is 3.49. The van der Waals surface area contributed by atoms with Gasteiger partial charge in [-0.05, 0) is 61.9 Å². The number of fused-ring (bicyclic) bond motifs is 1. The van der Waals surface area contributed by atoms with Crippen LogP contribution in [0.15, 0.2) is 48.5 Å².